The average Bonchev–Trinajstić information content (AvgIpc) is 3.27. The molecule has 0 radical (unpaired) electrons. The van der Waals surface area contributed by atoms with Crippen LogP contribution in [-0.4, -0.2) is 51.5 Å². The molecule has 2 aromatic heterocycles. The zero-order chi connectivity index (χ0) is 21.5. The maximum Gasteiger partial charge on any atom is 0.573 e. The van der Waals surface area contributed by atoms with E-state index in [1.54, 1.807) is 6.92 Å². The molecule has 30 heavy (non-hydrogen) atoms. The number of alkyl halides is 3. The summed E-state index contributed by atoms with van der Waals surface area (Å²) in [5, 5.41) is 10.3. The Labute approximate surface area is 168 Å². The lowest BCUT2D eigenvalue weighted by atomic mass is 9.93. The third-order valence-electron chi connectivity index (χ3n) is 5.56. The zero-order valence-electron chi connectivity index (χ0n) is 16.1. The van der Waals surface area contributed by atoms with Crippen molar-refractivity contribution < 1.29 is 27.1 Å². The van der Waals surface area contributed by atoms with E-state index in [-0.39, 0.29) is 23.5 Å². The van der Waals surface area contributed by atoms with Crippen LogP contribution in [0.5, 0.6) is 5.75 Å². The normalized spacial score (nSPS) is 18.9. The molecule has 1 saturated heterocycles. The lowest BCUT2D eigenvalue weighted by Gasteiger charge is -2.33. The number of likely N-dealkylation sites (tertiary alicyclic amines) is 1. The van der Waals surface area contributed by atoms with Crippen molar-refractivity contribution in [3.63, 3.8) is 0 Å². The maximum atomic E-state index is 12.6. The third kappa shape index (κ3) is 4.41. The van der Waals surface area contributed by atoms with Crippen LogP contribution in [0, 0.1) is 5.41 Å². The number of rotatable bonds is 5. The quantitative estimate of drug-likeness (QED) is 0.754. The molecule has 1 saturated carbocycles. The molecule has 0 aromatic carbocycles. The fraction of sp³-hybridized carbons (Fsp3) is 0.556. The van der Waals surface area contributed by atoms with Crippen molar-refractivity contribution in [2.45, 2.75) is 45.0 Å². The van der Waals surface area contributed by atoms with Crippen molar-refractivity contribution in [3.05, 3.63) is 22.5 Å². The highest BCUT2D eigenvalue weighted by atomic mass is 19.4. The third-order valence-corrected chi connectivity index (χ3v) is 5.56. The number of carbonyl (C=O) groups excluding carboxylic acids is 1. The smallest absolute Gasteiger partial charge is 0.402 e. The Morgan fingerprint density at radius 2 is 1.97 bits per heavy atom. The van der Waals surface area contributed by atoms with E-state index in [0.29, 0.717) is 5.41 Å². The number of carbonyl (C=O) groups is 1. The van der Waals surface area contributed by atoms with Crippen molar-refractivity contribution in [1.29, 1.82) is 0 Å². The summed E-state index contributed by atoms with van der Waals surface area (Å²) in [6.45, 7) is 3.14. The standard InChI is InChI=1S/C18H20F3N5O4/c1-10(15(28)26-8-6-17(4-5-17)7-9-26)22-16-25-24-14(29-16)11-2-3-12(13(27)23-11)30-18(19,20)21/h2-3,10H,4-9H2,1H3,(H,22,25)(H,23,27)/t10-/m1/s1. The number of anilines is 1. The summed E-state index contributed by atoms with van der Waals surface area (Å²) in [7, 11) is 0. The average molecular weight is 427 g/mol. The summed E-state index contributed by atoms with van der Waals surface area (Å²) < 4.78 is 45.8. The van der Waals surface area contributed by atoms with Crippen LogP contribution < -0.4 is 15.6 Å². The predicted octanol–water partition coefficient (Wildman–Crippen LogP) is 2.53. The Kier molecular flexibility index (Phi) is 4.94. The molecule has 1 spiro atoms. The van der Waals surface area contributed by atoms with E-state index in [1.165, 1.54) is 12.8 Å². The number of halogens is 3. The van der Waals surface area contributed by atoms with E-state index < -0.39 is 23.7 Å². The summed E-state index contributed by atoms with van der Waals surface area (Å²) >= 11 is 0. The summed E-state index contributed by atoms with van der Waals surface area (Å²) in [5.41, 5.74) is -0.619. The zero-order valence-corrected chi connectivity index (χ0v) is 16.1. The molecule has 2 aromatic rings. The molecule has 1 amide bonds. The van der Waals surface area contributed by atoms with Gasteiger partial charge in [-0.05, 0) is 50.2 Å². The minimum absolute atomic E-state index is 0.0137. The summed E-state index contributed by atoms with van der Waals surface area (Å²) in [4.78, 5) is 28.4. The van der Waals surface area contributed by atoms with E-state index in [9.17, 15) is 22.8 Å². The topological polar surface area (TPSA) is 113 Å². The van der Waals surface area contributed by atoms with Gasteiger partial charge >= 0.3 is 12.4 Å². The molecule has 2 aliphatic rings. The number of H-pyrrole nitrogens is 1. The van der Waals surface area contributed by atoms with Gasteiger partial charge in [0.05, 0.1) is 0 Å². The monoisotopic (exact) mass is 427 g/mol. The molecule has 4 rings (SSSR count). The maximum absolute atomic E-state index is 12.6. The first-order valence-electron chi connectivity index (χ1n) is 9.52. The molecule has 0 unspecified atom stereocenters. The van der Waals surface area contributed by atoms with Crippen LogP contribution in [0.4, 0.5) is 19.2 Å². The van der Waals surface area contributed by atoms with Gasteiger partial charge in [0.1, 0.15) is 11.7 Å². The van der Waals surface area contributed by atoms with E-state index in [1.807, 2.05) is 4.90 Å². The number of ether oxygens (including phenoxy) is 1. The van der Waals surface area contributed by atoms with Crippen molar-refractivity contribution in [2.75, 3.05) is 18.4 Å². The molecule has 1 atom stereocenters. The minimum Gasteiger partial charge on any atom is -0.402 e. The van der Waals surface area contributed by atoms with Crippen LogP contribution in [0.1, 0.15) is 32.6 Å². The molecule has 1 aliphatic heterocycles. The van der Waals surface area contributed by atoms with Crippen LogP contribution in [0.2, 0.25) is 0 Å². The summed E-state index contributed by atoms with van der Waals surface area (Å²) in [5.74, 6) is -1.10. The molecule has 162 valence electrons. The second-order valence-corrected chi connectivity index (χ2v) is 7.72. The SMILES string of the molecule is C[C@@H](Nc1nnc(-c2ccc(OC(F)(F)F)c(=O)[nH]2)o1)C(=O)N1CCC2(CC1)CC2. The van der Waals surface area contributed by atoms with Gasteiger partial charge in [-0.2, -0.15) is 0 Å². The molecular formula is C18H20F3N5O4. The van der Waals surface area contributed by atoms with Gasteiger partial charge in [-0.15, -0.1) is 18.3 Å². The Bertz CT molecular complexity index is 988. The molecule has 1 aliphatic carbocycles. The lowest BCUT2D eigenvalue weighted by molar-refractivity contribution is -0.275. The number of pyridine rings is 1. The van der Waals surface area contributed by atoms with Crippen molar-refractivity contribution >= 4 is 11.9 Å². The molecule has 2 fully saturated rings. The van der Waals surface area contributed by atoms with Gasteiger partial charge in [-0.25, -0.2) is 0 Å². The minimum atomic E-state index is -4.98. The van der Waals surface area contributed by atoms with Gasteiger partial charge in [-0.1, -0.05) is 5.10 Å². The molecular weight excluding hydrogens is 407 g/mol. The number of amides is 1. The van der Waals surface area contributed by atoms with E-state index in [4.69, 9.17) is 4.42 Å². The van der Waals surface area contributed by atoms with Crippen molar-refractivity contribution in [3.8, 4) is 17.3 Å². The Morgan fingerprint density at radius 3 is 2.57 bits per heavy atom. The Balaban J connectivity index is 1.38. The fourth-order valence-electron chi connectivity index (χ4n) is 3.58. The molecule has 2 N–H and O–H groups in total. The summed E-state index contributed by atoms with van der Waals surface area (Å²) in [6.07, 6.45) is -0.431. The Hall–Kier alpha value is -3.05. The molecule has 12 heteroatoms. The highest BCUT2D eigenvalue weighted by molar-refractivity contribution is 5.83. The highest BCUT2D eigenvalue weighted by Gasteiger charge is 2.45. The number of aromatic nitrogens is 3. The van der Waals surface area contributed by atoms with Gasteiger partial charge in [0.2, 0.25) is 5.91 Å². The van der Waals surface area contributed by atoms with Gasteiger partial charge in [0, 0.05) is 13.1 Å². The molecule has 0 bridgehead atoms. The van der Waals surface area contributed by atoms with Gasteiger partial charge < -0.3 is 24.4 Å². The lowest BCUT2D eigenvalue weighted by Crippen LogP contribution is -2.45. The van der Waals surface area contributed by atoms with E-state index in [2.05, 4.69) is 25.2 Å². The first-order chi connectivity index (χ1) is 14.1. The largest absolute Gasteiger partial charge is 0.573 e. The first-order valence-corrected chi connectivity index (χ1v) is 9.52. The van der Waals surface area contributed by atoms with Crippen LogP contribution in [0.25, 0.3) is 11.6 Å². The number of piperidine rings is 1. The number of aromatic amines is 1. The number of nitrogens with zero attached hydrogens (tertiary/aromatic N) is 3. The Morgan fingerprint density at radius 1 is 1.27 bits per heavy atom. The number of nitrogens with one attached hydrogen (secondary N) is 2. The summed E-state index contributed by atoms with van der Waals surface area (Å²) in [6, 6.07) is 1.36. The van der Waals surface area contributed by atoms with Gasteiger partial charge in [0.15, 0.2) is 5.75 Å². The molecule has 9 nitrogen and oxygen atoms in total. The van der Waals surface area contributed by atoms with Crippen LogP contribution in [0.15, 0.2) is 21.3 Å². The van der Waals surface area contributed by atoms with Gasteiger partial charge in [0.25, 0.3) is 11.4 Å². The van der Waals surface area contributed by atoms with Crippen LogP contribution in [-0.2, 0) is 4.79 Å². The molecule has 3 heterocycles. The second-order valence-electron chi connectivity index (χ2n) is 7.72. The number of hydrogen-bond donors (Lipinski definition) is 2. The fourth-order valence-corrected chi connectivity index (χ4v) is 3.58. The predicted molar refractivity (Wildman–Crippen MR) is 97.6 cm³/mol. The van der Waals surface area contributed by atoms with E-state index >= 15 is 0 Å². The first kappa shape index (κ1) is 20.2. The van der Waals surface area contributed by atoms with E-state index in [0.717, 1.165) is 38.1 Å². The highest BCUT2D eigenvalue weighted by Crippen LogP contribution is 2.53. The van der Waals surface area contributed by atoms with Crippen LogP contribution in [0.3, 0.4) is 0 Å². The number of hydrogen-bond acceptors (Lipinski definition) is 7. The van der Waals surface area contributed by atoms with Gasteiger partial charge in [-0.3, -0.25) is 9.59 Å². The van der Waals surface area contributed by atoms with Crippen molar-refractivity contribution in [2.24, 2.45) is 5.41 Å². The van der Waals surface area contributed by atoms with Crippen LogP contribution >= 0.6 is 0 Å². The second kappa shape index (κ2) is 7.33. The van der Waals surface area contributed by atoms with Crippen molar-refractivity contribution in [1.82, 2.24) is 20.1 Å².